The van der Waals surface area contributed by atoms with Crippen LogP contribution in [0.1, 0.15) is 61.8 Å². The first-order valence-electron chi connectivity index (χ1n) is 25.8. The van der Waals surface area contributed by atoms with Gasteiger partial charge in [-0.05, 0) is 162 Å². The maximum atomic E-state index is 2.60. The molecule has 2 saturated carbocycles. The van der Waals surface area contributed by atoms with Crippen molar-refractivity contribution in [3.05, 3.63) is 259 Å². The minimum Gasteiger partial charge on any atom is -0.310 e. The molecule has 2 bridgehead atoms. The van der Waals surface area contributed by atoms with Gasteiger partial charge in [0.1, 0.15) is 0 Å². The van der Waals surface area contributed by atoms with Crippen LogP contribution in [0.5, 0.6) is 0 Å². The van der Waals surface area contributed by atoms with Crippen LogP contribution < -0.4 is 4.90 Å². The van der Waals surface area contributed by atoms with Crippen molar-refractivity contribution >= 4 is 17.1 Å². The van der Waals surface area contributed by atoms with Gasteiger partial charge in [-0.1, -0.05) is 220 Å². The van der Waals surface area contributed by atoms with Crippen molar-refractivity contribution in [3.63, 3.8) is 0 Å². The summed E-state index contributed by atoms with van der Waals surface area (Å²) in [5, 5.41) is 0. The highest BCUT2D eigenvalue weighted by molar-refractivity contribution is 5.95. The quantitative estimate of drug-likeness (QED) is 0.147. The fraction of sp³-hybridized carbons (Fsp3) is 0.143. The summed E-state index contributed by atoms with van der Waals surface area (Å²) in [5.74, 6) is 1.48. The minimum absolute atomic E-state index is 0.0671. The van der Waals surface area contributed by atoms with Crippen molar-refractivity contribution in [2.24, 2.45) is 11.8 Å². The fourth-order valence-electron chi connectivity index (χ4n) is 14.1. The molecule has 0 N–H and O–H groups in total. The summed E-state index contributed by atoms with van der Waals surface area (Å²) in [7, 11) is 0. The van der Waals surface area contributed by atoms with E-state index in [4.69, 9.17) is 0 Å². The fourth-order valence-corrected chi connectivity index (χ4v) is 14.1. The van der Waals surface area contributed by atoms with E-state index in [1.165, 1.54) is 126 Å². The van der Waals surface area contributed by atoms with E-state index in [2.05, 4.69) is 255 Å². The predicted molar refractivity (Wildman–Crippen MR) is 298 cm³/mol. The lowest BCUT2D eigenvalue weighted by Gasteiger charge is -2.37. The van der Waals surface area contributed by atoms with Crippen molar-refractivity contribution < 1.29 is 0 Å². The lowest BCUT2D eigenvalue weighted by atomic mass is 9.67. The standard InChI is InChI=1S/C70H55N/c1-69(2)64-31-13-10-28-60(64)63-30-17-29-62(68(63)69)58-26-9-8-23-55(58)48-35-38-52(39-36-48)71(53-40-41-61-59-27-11-14-32-65(59)70(66(61)44-53)45-46-34-37-51(70)42-46)67-33-15-12-25-57(67)50-21-16-20-49(43-50)56-24-7-6-22-54(56)47-18-4-3-5-19-47/h3-33,35-36,38-41,43-44,46,51H,34,37,42,45H2,1-2H3. The predicted octanol–water partition coefficient (Wildman–Crippen LogP) is 18.9. The zero-order valence-corrected chi connectivity index (χ0v) is 40.4. The number of rotatable bonds is 8. The second-order valence-corrected chi connectivity index (χ2v) is 21.2. The number of hydrogen-bond acceptors (Lipinski definition) is 1. The molecule has 10 aromatic rings. The second-order valence-electron chi connectivity index (χ2n) is 21.2. The monoisotopic (exact) mass is 909 g/mol. The first-order valence-corrected chi connectivity index (χ1v) is 25.8. The average Bonchev–Trinajstić information content (AvgIpc) is 4.19. The van der Waals surface area contributed by atoms with E-state index in [1.807, 2.05) is 0 Å². The Labute approximate surface area is 418 Å². The van der Waals surface area contributed by atoms with Gasteiger partial charge in [0.05, 0.1) is 5.69 Å². The third kappa shape index (κ3) is 6.45. The van der Waals surface area contributed by atoms with Gasteiger partial charge in [-0.3, -0.25) is 0 Å². The van der Waals surface area contributed by atoms with Crippen molar-refractivity contribution in [3.8, 4) is 77.9 Å². The van der Waals surface area contributed by atoms with Crippen LogP contribution in [0.3, 0.4) is 0 Å². The highest BCUT2D eigenvalue weighted by Gasteiger charge is 2.56. The van der Waals surface area contributed by atoms with Gasteiger partial charge in [0, 0.05) is 27.8 Å². The number of nitrogens with zero attached hydrogens (tertiary/aromatic N) is 1. The molecule has 1 nitrogen and oxygen atoms in total. The van der Waals surface area contributed by atoms with Crippen molar-refractivity contribution in [2.75, 3.05) is 4.90 Å². The first kappa shape index (κ1) is 41.9. The van der Waals surface area contributed by atoms with E-state index in [9.17, 15) is 0 Å². The first-order chi connectivity index (χ1) is 35.0. The molecule has 4 aliphatic rings. The molecular weight excluding hydrogens is 855 g/mol. The molecule has 0 aliphatic heterocycles. The molecule has 0 radical (unpaired) electrons. The molecule has 340 valence electrons. The van der Waals surface area contributed by atoms with Crippen molar-refractivity contribution in [1.82, 2.24) is 0 Å². The maximum absolute atomic E-state index is 2.60. The highest BCUT2D eigenvalue weighted by Crippen LogP contribution is 2.66. The minimum atomic E-state index is -0.119. The Kier molecular flexibility index (Phi) is 9.62. The van der Waals surface area contributed by atoms with Gasteiger partial charge in [-0.2, -0.15) is 0 Å². The Morgan fingerprint density at radius 3 is 1.55 bits per heavy atom. The van der Waals surface area contributed by atoms with Gasteiger partial charge in [-0.15, -0.1) is 0 Å². The third-order valence-corrected chi connectivity index (χ3v) is 17.2. The molecule has 3 atom stereocenters. The van der Waals surface area contributed by atoms with Gasteiger partial charge < -0.3 is 4.90 Å². The summed E-state index contributed by atoms with van der Waals surface area (Å²) in [4.78, 5) is 2.55. The van der Waals surface area contributed by atoms with Gasteiger partial charge >= 0.3 is 0 Å². The molecule has 0 heterocycles. The van der Waals surface area contributed by atoms with Crippen LogP contribution in [0.4, 0.5) is 17.1 Å². The Hall–Kier alpha value is -8.00. The second kappa shape index (κ2) is 16.3. The summed E-state index contributed by atoms with van der Waals surface area (Å²) in [6.07, 6.45) is 5.28. The summed E-state index contributed by atoms with van der Waals surface area (Å²) >= 11 is 0. The largest absolute Gasteiger partial charge is 0.310 e. The zero-order valence-electron chi connectivity index (χ0n) is 40.4. The summed E-state index contributed by atoms with van der Waals surface area (Å²) < 4.78 is 0. The van der Waals surface area contributed by atoms with Gasteiger partial charge in [0.2, 0.25) is 0 Å². The molecule has 71 heavy (non-hydrogen) atoms. The highest BCUT2D eigenvalue weighted by atomic mass is 15.1. The number of para-hydroxylation sites is 1. The Morgan fingerprint density at radius 2 is 0.845 bits per heavy atom. The Balaban J connectivity index is 0.920. The number of benzene rings is 10. The van der Waals surface area contributed by atoms with Crippen LogP contribution in [0.2, 0.25) is 0 Å². The van der Waals surface area contributed by atoms with E-state index < -0.39 is 0 Å². The lowest BCUT2D eigenvalue weighted by molar-refractivity contribution is 0.327. The molecule has 1 heteroatoms. The molecule has 14 rings (SSSR count). The van der Waals surface area contributed by atoms with E-state index in [-0.39, 0.29) is 10.8 Å². The number of anilines is 3. The average molecular weight is 910 g/mol. The Bertz CT molecular complexity index is 3710. The van der Waals surface area contributed by atoms with Crippen molar-refractivity contribution in [1.29, 1.82) is 0 Å². The van der Waals surface area contributed by atoms with Crippen LogP contribution in [-0.4, -0.2) is 0 Å². The van der Waals surface area contributed by atoms with Crippen LogP contribution in [0.15, 0.2) is 237 Å². The van der Waals surface area contributed by atoms with Gasteiger partial charge in [0.15, 0.2) is 0 Å². The topological polar surface area (TPSA) is 3.24 Å². The van der Waals surface area contributed by atoms with Crippen LogP contribution in [0, 0.1) is 11.8 Å². The molecule has 4 aliphatic carbocycles. The molecule has 0 aromatic heterocycles. The van der Waals surface area contributed by atoms with Crippen LogP contribution in [0.25, 0.3) is 77.9 Å². The van der Waals surface area contributed by atoms with E-state index in [0.717, 1.165) is 17.3 Å². The smallest absolute Gasteiger partial charge is 0.0540 e. The molecular formula is C70H55N. The van der Waals surface area contributed by atoms with Crippen molar-refractivity contribution in [2.45, 2.75) is 50.4 Å². The van der Waals surface area contributed by atoms with Crippen LogP contribution in [-0.2, 0) is 10.8 Å². The summed E-state index contributed by atoms with van der Waals surface area (Å²) in [6.45, 7) is 4.78. The Morgan fingerprint density at radius 1 is 0.352 bits per heavy atom. The van der Waals surface area contributed by atoms with Gasteiger partial charge in [-0.25, -0.2) is 0 Å². The molecule has 3 unspecified atom stereocenters. The molecule has 2 fully saturated rings. The number of fused-ring (bicyclic) bond motifs is 11. The van der Waals surface area contributed by atoms with Gasteiger partial charge in [0.25, 0.3) is 0 Å². The third-order valence-electron chi connectivity index (χ3n) is 17.2. The zero-order chi connectivity index (χ0) is 47.3. The van der Waals surface area contributed by atoms with E-state index in [1.54, 1.807) is 5.56 Å². The molecule has 0 amide bonds. The molecule has 10 aromatic carbocycles. The molecule has 1 spiro atoms. The molecule has 0 saturated heterocycles. The summed E-state index contributed by atoms with van der Waals surface area (Å²) in [5.41, 5.74) is 27.2. The van der Waals surface area contributed by atoms with Crippen LogP contribution >= 0.6 is 0 Å². The maximum Gasteiger partial charge on any atom is 0.0540 e. The normalized spacial score (nSPS) is 18.5. The van der Waals surface area contributed by atoms with E-state index >= 15 is 0 Å². The van der Waals surface area contributed by atoms with E-state index in [0.29, 0.717) is 5.92 Å². The SMILES string of the molecule is CC1(C)c2ccccc2-c2cccc(-c3ccccc3-c3ccc(N(c4ccc5c(c4)C4(CC6CCC4C6)c4ccccc4-5)c4ccccc4-c4cccc(-c5ccccc5-c5ccccc5)c4)cc3)c21. The lowest BCUT2D eigenvalue weighted by Crippen LogP contribution is -2.32. The summed E-state index contributed by atoms with van der Waals surface area (Å²) in [6, 6.07) is 88.9. The number of hydrogen-bond donors (Lipinski definition) is 0.